The molecule has 3 aromatic heterocycles. The maximum absolute atomic E-state index is 5.68. The van der Waals surface area contributed by atoms with E-state index in [-0.39, 0.29) is 0 Å². The summed E-state index contributed by atoms with van der Waals surface area (Å²) in [5.74, 6) is 1.18. The lowest BCUT2D eigenvalue weighted by Crippen LogP contribution is -2.25. The number of para-hydroxylation sites is 1. The van der Waals surface area contributed by atoms with Crippen molar-refractivity contribution in [2.45, 2.75) is 24.7 Å². The van der Waals surface area contributed by atoms with Crippen LogP contribution in [0.5, 0.6) is 0 Å². The number of allylic oxidation sites excluding steroid dienone is 1. The molecule has 0 amide bonds. The minimum Gasteiger partial charge on any atom is -0.277 e. The van der Waals surface area contributed by atoms with Gasteiger partial charge in [0.15, 0.2) is 0 Å². The third-order valence-electron chi connectivity index (χ3n) is 12.8. The Morgan fingerprint density at radius 1 is 0.589 bits per heavy atom. The highest BCUT2D eigenvalue weighted by Crippen LogP contribution is 2.64. The molecule has 10 aromatic rings. The van der Waals surface area contributed by atoms with Gasteiger partial charge in [0.05, 0.1) is 32.4 Å². The van der Waals surface area contributed by atoms with Gasteiger partial charge in [0.1, 0.15) is 0 Å². The van der Waals surface area contributed by atoms with Crippen LogP contribution in [0.2, 0.25) is 0 Å². The molecule has 1 atom stereocenters. The van der Waals surface area contributed by atoms with Crippen molar-refractivity contribution in [2.24, 2.45) is 0 Å². The number of benzene rings is 7. The standard InChI is InChI=1S/C52H33N3S/c1-30-14-13-21-36-37-26-27-39-46(31-15-3-2-4-16-31)53-51(54-47(39)50(37)56-49(30)36)55-44-25-12-8-19-34(44)35-28-29-43-45(48(35)55)38-20-7-11-24-42(38)52(43)40-22-9-5-17-32(40)33-18-6-10-23-41(33)52/h2-13,15-30H,14H2,1H3. The molecular weight excluding hydrogens is 699 g/mol. The van der Waals surface area contributed by atoms with Crippen LogP contribution in [0.15, 0.2) is 158 Å². The number of aromatic nitrogens is 3. The van der Waals surface area contributed by atoms with E-state index in [1.165, 1.54) is 75.8 Å². The average Bonchev–Trinajstić information content (AvgIpc) is 3.98. The minimum absolute atomic E-state index is 0.444. The Labute approximate surface area is 327 Å². The van der Waals surface area contributed by atoms with Crippen LogP contribution >= 0.6 is 11.3 Å². The maximum Gasteiger partial charge on any atom is 0.235 e. The first-order valence-corrected chi connectivity index (χ1v) is 20.4. The Morgan fingerprint density at radius 3 is 2.02 bits per heavy atom. The lowest BCUT2D eigenvalue weighted by Gasteiger charge is -2.30. The molecule has 0 saturated heterocycles. The normalized spacial score (nSPS) is 15.8. The van der Waals surface area contributed by atoms with Crippen LogP contribution in [0, 0.1) is 0 Å². The second-order valence-electron chi connectivity index (χ2n) is 15.6. The van der Waals surface area contributed by atoms with Gasteiger partial charge in [-0.15, -0.1) is 11.3 Å². The summed E-state index contributed by atoms with van der Waals surface area (Å²) in [5.41, 5.74) is 16.7. The number of hydrogen-bond donors (Lipinski definition) is 0. The molecule has 56 heavy (non-hydrogen) atoms. The summed E-state index contributed by atoms with van der Waals surface area (Å²) in [4.78, 5) is 12.7. The fourth-order valence-corrected chi connectivity index (χ4v) is 11.9. The Kier molecular flexibility index (Phi) is 6.02. The molecule has 0 aliphatic heterocycles. The molecule has 4 heteroatoms. The molecule has 0 saturated carbocycles. The minimum atomic E-state index is -0.444. The van der Waals surface area contributed by atoms with Crippen molar-refractivity contribution >= 4 is 60.2 Å². The van der Waals surface area contributed by atoms with Crippen LogP contribution in [-0.4, -0.2) is 14.5 Å². The van der Waals surface area contributed by atoms with E-state index in [1.54, 1.807) is 0 Å². The van der Waals surface area contributed by atoms with Gasteiger partial charge in [-0.05, 0) is 69.0 Å². The first-order chi connectivity index (χ1) is 27.7. The molecule has 0 radical (unpaired) electrons. The predicted octanol–water partition coefficient (Wildman–Crippen LogP) is 13.5. The Hall–Kier alpha value is -6.62. The average molecular weight is 732 g/mol. The van der Waals surface area contributed by atoms with Crippen molar-refractivity contribution in [3.05, 3.63) is 190 Å². The summed E-state index contributed by atoms with van der Waals surface area (Å²) in [5, 5.41) is 4.77. The summed E-state index contributed by atoms with van der Waals surface area (Å²) in [7, 11) is 0. The SMILES string of the molecule is CC1CC=Cc2c1sc1c2ccc2c(-c3ccccc3)nc(-n3c4ccccc4c4ccc5c(c43)-c3ccccc3C53c4ccccc4-c4ccccc43)nc21. The summed E-state index contributed by atoms with van der Waals surface area (Å²) in [6.07, 6.45) is 5.72. The number of rotatable bonds is 2. The first-order valence-electron chi connectivity index (χ1n) is 19.6. The van der Waals surface area contributed by atoms with Gasteiger partial charge < -0.3 is 0 Å². The van der Waals surface area contributed by atoms with E-state index in [2.05, 4.69) is 175 Å². The number of thiophene rings is 1. The van der Waals surface area contributed by atoms with Gasteiger partial charge in [0.25, 0.3) is 0 Å². The second-order valence-corrected chi connectivity index (χ2v) is 16.7. The van der Waals surface area contributed by atoms with Crippen LogP contribution in [0.3, 0.4) is 0 Å². The molecule has 0 fully saturated rings. The molecule has 1 spiro atoms. The molecule has 262 valence electrons. The lowest BCUT2D eigenvalue weighted by molar-refractivity contribution is 0.791. The summed E-state index contributed by atoms with van der Waals surface area (Å²) in [6, 6.07) is 56.0. The van der Waals surface area contributed by atoms with Crippen LogP contribution in [0.1, 0.15) is 52.0 Å². The molecule has 7 aromatic carbocycles. The predicted molar refractivity (Wildman–Crippen MR) is 233 cm³/mol. The van der Waals surface area contributed by atoms with Crippen molar-refractivity contribution < 1.29 is 0 Å². The fraction of sp³-hybridized carbons (Fsp3) is 0.0769. The molecule has 1 unspecified atom stereocenters. The molecule has 0 bridgehead atoms. The van der Waals surface area contributed by atoms with Crippen molar-refractivity contribution in [3.63, 3.8) is 0 Å². The largest absolute Gasteiger partial charge is 0.277 e. The first kappa shape index (κ1) is 30.7. The van der Waals surface area contributed by atoms with E-state index in [4.69, 9.17) is 9.97 Å². The number of nitrogens with zero attached hydrogens (tertiary/aromatic N) is 3. The van der Waals surface area contributed by atoms with Gasteiger partial charge in [0, 0.05) is 37.5 Å². The fourth-order valence-electron chi connectivity index (χ4n) is 10.6. The quantitative estimate of drug-likeness (QED) is 0.177. The van der Waals surface area contributed by atoms with Crippen molar-refractivity contribution in [3.8, 4) is 39.5 Å². The van der Waals surface area contributed by atoms with Gasteiger partial charge in [0.2, 0.25) is 5.95 Å². The van der Waals surface area contributed by atoms with Crippen molar-refractivity contribution in [2.75, 3.05) is 0 Å². The van der Waals surface area contributed by atoms with Gasteiger partial charge in [-0.2, -0.15) is 0 Å². The summed E-state index contributed by atoms with van der Waals surface area (Å²) in [6.45, 7) is 2.35. The Balaban J connectivity index is 1.20. The van der Waals surface area contributed by atoms with E-state index in [9.17, 15) is 0 Å². The molecule has 3 aliphatic rings. The zero-order chi connectivity index (χ0) is 36.7. The van der Waals surface area contributed by atoms with Crippen LogP contribution in [0.25, 0.3) is 88.3 Å². The highest BCUT2D eigenvalue weighted by Gasteiger charge is 2.52. The van der Waals surface area contributed by atoms with Crippen molar-refractivity contribution in [1.82, 2.24) is 14.5 Å². The summed E-state index contributed by atoms with van der Waals surface area (Å²) < 4.78 is 3.62. The highest BCUT2D eigenvalue weighted by atomic mass is 32.1. The van der Waals surface area contributed by atoms with Gasteiger partial charge in [-0.3, -0.25) is 4.57 Å². The molecule has 0 N–H and O–H groups in total. The molecule has 3 aliphatic carbocycles. The Bertz CT molecular complexity index is 3320. The van der Waals surface area contributed by atoms with E-state index < -0.39 is 5.41 Å². The Morgan fingerprint density at radius 2 is 1.23 bits per heavy atom. The third-order valence-corrected chi connectivity index (χ3v) is 14.3. The number of hydrogen-bond acceptors (Lipinski definition) is 3. The third kappa shape index (κ3) is 3.73. The van der Waals surface area contributed by atoms with Crippen molar-refractivity contribution in [1.29, 1.82) is 0 Å². The lowest BCUT2D eigenvalue weighted by atomic mass is 9.70. The molecule has 3 heterocycles. The van der Waals surface area contributed by atoms with Crippen LogP contribution < -0.4 is 0 Å². The van der Waals surface area contributed by atoms with Gasteiger partial charge >= 0.3 is 0 Å². The topological polar surface area (TPSA) is 30.7 Å². The van der Waals surface area contributed by atoms with Crippen LogP contribution in [-0.2, 0) is 5.41 Å². The van der Waals surface area contributed by atoms with Gasteiger partial charge in [-0.25, -0.2) is 9.97 Å². The van der Waals surface area contributed by atoms with E-state index in [0.717, 1.165) is 39.6 Å². The monoisotopic (exact) mass is 731 g/mol. The zero-order valence-corrected chi connectivity index (χ0v) is 31.4. The summed E-state index contributed by atoms with van der Waals surface area (Å²) >= 11 is 1.91. The van der Waals surface area contributed by atoms with Crippen LogP contribution in [0.4, 0.5) is 0 Å². The maximum atomic E-state index is 5.68. The molecule has 13 rings (SSSR count). The highest BCUT2D eigenvalue weighted by molar-refractivity contribution is 7.20. The molecule has 3 nitrogen and oxygen atoms in total. The second kappa shape index (κ2) is 11.0. The van der Waals surface area contributed by atoms with Gasteiger partial charge in [-0.1, -0.05) is 159 Å². The molecular formula is C52H33N3S. The van der Waals surface area contributed by atoms with E-state index in [0.29, 0.717) is 11.9 Å². The smallest absolute Gasteiger partial charge is 0.235 e. The zero-order valence-electron chi connectivity index (χ0n) is 30.6. The van der Waals surface area contributed by atoms with E-state index >= 15 is 0 Å². The number of fused-ring (bicyclic) bond motifs is 19. The van der Waals surface area contributed by atoms with E-state index in [1.807, 2.05) is 11.3 Å².